The Morgan fingerprint density at radius 3 is 2.57 bits per heavy atom. The Kier molecular flexibility index (Phi) is 5.75. The Balaban J connectivity index is 1.60. The van der Waals surface area contributed by atoms with Gasteiger partial charge in [-0.05, 0) is 24.8 Å². The zero-order chi connectivity index (χ0) is 15.1. The van der Waals surface area contributed by atoms with Gasteiger partial charge in [0, 0.05) is 31.5 Å². The van der Waals surface area contributed by atoms with Crippen LogP contribution >= 0.6 is 0 Å². The zero-order valence-corrected chi connectivity index (χ0v) is 12.2. The molecule has 0 aliphatic heterocycles. The van der Waals surface area contributed by atoms with Crippen LogP contribution in [0.2, 0.25) is 0 Å². The summed E-state index contributed by atoms with van der Waals surface area (Å²) in [7, 11) is 0. The van der Waals surface area contributed by atoms with Gasteiger partial charge in [0.2, 0.25) is 11.8 Å². The van der Waals surface area contributed by atoms with Gasteiger partial charge in [0.05, 0.1) is 0 Å². The number of nitrogens with one attached hydrogen (secondary N) is 2. The molecular formula is C16H23N3O2. The van der Waals surface area contributed by atoms with Crippen LogP contribution in [0.3, 0.4) is 0 Å². The molecule has 114 valence electrons. The topological polar surface area (TPSA) is 84.2 Å². The van der Waals surface area contributed by atoms with Gasteiger partial charge < -0.3 is 16.4 Å². The van der Waals surface area contributed by atoms with Gasteiger partial charge >= 0.3 is 0 Å². The van der Waals surface area contributed by atoms with E-state index >= 15 is 0 Å². The van der Waals surface area contributed by atoms with Crippen LogP contribution in [0.5, 0.6) is 0 Å². The van der Waals surface area contributed by atoms with Crippen molar-refractivity contribution in [3.63, 3.8) is 0 Å². The van der Waals surface area contributed by atoms with E-state index in [1.165, 1.54) is 0 Å². The van der Waals surface area contributed by atoms with Gasteiger partial charge in [-0.3, -0.25) is 9.59 Å². The molecular weight excluding hydrogens is 266 g/mol. The van der Waals surface area contributed by atoms with E-state index in [-0.39, 0.29) is 23.8 Å². The first-order valence-electron chi connectivity index (χ1n) is 7.49. The summed E-state index contributed by atoms with van der Waals surface area (Å²) in [6.45, 7) is 0.899. The second-order valence-electron chi connectivity index (χ2n) is 5.57. The summed E-state index contributed by atoms with van der Waals surface area (Å²) in [6.07, 6.45) is 2.83. The Morgan fingerprint density at radius 2 is 1.90 bits per heavy atom. The number of amides is 2. The predicted octanol–water partition coefficient (Wildman–Crippen LogP) is 0.936. The minimum atomic E-state index is -0.0534. The highest BCUT2D eigenvalue weighted by molar-refractivity contribution is 5.80. The number of hydrogen-bond acceptors (Lipinski definition) is 3. The average Bonchev–Trinajstić information content (AvgIpc) is 2.93. The standard InChI is InChI=1S/C16H23N3O2/c17-14-7-6-13(10-14)16(21)18-9-8-15(20)19-11-12-4-2-1-3-5-12/h1-5,13-14H,6-11,17H2,(H,18,21)(H,19,20). The largest absolute Gasteiger partial charge is 0.355 e. The maximum Gasteiger partial charge on any atom is 0.223 e. The minimum Gasteiger partial charge on any atom is -0.355 e. The molecule has 1 aliphatic carbocycles. The molecule has 1 saturated carbocycles. The summed E-state index contributed by atoms with van der Waals surface area (Å²) in [5, 5.41) is 5.66. The second kappa shape index (κ2) is 7.78. The van der Waals surface area contributed by atoms with Crippen molar-refractivity contribution in [2.75, 3.05) is 6.54 Å². The summed E-state index contributed by atoms with van der Waals surface area (Å²) in [5.74, 6) is -0.00605. The molecule has 0 saturated heterocycles. The van der Waals surface area contributed by atoms with Crippen molar-refractivity contribution < 1.29 is 9.59 Å². The van der Waals surface area contributed by atoms with Crippen LogP contribution in [0.15, 0.2) is 30.3 Å². The van der Waals surface area contributed by atoms with Crippen molar-refractivity contribution >= 4 is 11.8 Å². The van der Waals surface area contributed by atoms with E-state index < -0.39 is 0 Å². The number of benzene rings is 1. The van der Waals surface area contributed by atoms with E-state index in [1.54, 1.807) is 0 Å². The monoisotopic (exact) mass is 289 g/mol. The number of hydrogen-bond donors (Lipinski definition) is 3. The van der Waals surface area contributed by atoms with Crippen LogP contribution in [0.1, 0.15) is 31.2 Å². The molecule has 21 heavy (non-hydrogen) atoms. The first-order chi connectivity index (χ1) is 10.1. The fourth-order valence-electron chi connectivity index (χ4n) is 2.58. The maximum atomic E-state index is 11.9. The highest BCUT2D eigenvalue weighted by atomic mass is 16.2. The van der Waals surface area contributed by atoms with Crippen LogP contribution in [0.4, 0.5) is 0 Å². The van der Waals surface area contributed by atoms with Gasteiger partial charge in [-0.15, -0.1) is 0 Å². The quantitative estimate of drug-likeness (QED) is 0.728. The lowest BCUT2D eigenvalue weighted by atomic mass is 10.1. The normalized spacial score (nSPS) is 21.0. The zero-order valence-electron chi connectivity index (χ0n) is 12.2. The third-order valence-electron chi connectivity index (χ3n) is 3.83. The fraction of sp³-hybridized carbons (Fsp3) is 0.500. The van der Waals surface area contributed by atoms with Gasteiger partial charge in [0.25, 0.3) is 0 Å². The molecule has 2 rings (SSSR count). The van der Waals surface area contributed by atoms with Crippen LogP contribution in [0.25, 0.3) is 0 Å². The molecule has 0 radical (unpaired) electrons. The summed E-state index contributed by atoms with van der Waals surface area (Å²) < 4.78 is 0. The van der Waals surface area contributed by atoms with Crippen LogP contribution in [-0.2, 0) is 16.1 Å². The SMILES string of the molecule is NC1CCC(C(=O)NCCC(=O)NCc2ccccc2)C1. The first-order valence-corrected chi connectivity index (χ1v) is 7.49. The van der Waals surface area contributed by atoms with Gasteiger partial charge in [-0.1, -0.05) is 30.3 Å². The molecule has 5 nitrogen and oxygen atoms in total. The molecule has 4 N–H and O–H groups in total. The Morgan fingerprint density at radius 1 is 1.14 bits per heavy atom. The van der Waals surface area contributed by atoms with Gasteiger partial charge in [-0.2, -0.15) is 0 Å². The molecule has 0 aromatic heterocycles. The molecule has 1 fully saturated rings. The molecule has 2 atom stereocenters. The van der Waals surface area contributed by atoms with Crippen LogP contribution in [-0.4, -0.2) is 24.4 Å². The molecule has 1 aliphatic rings. The predicted molar refractivity (Wildman–Crippen MR) is 81.2 cm³/mol. The van der Waals surface area contributed by atoms with Gasteiger partial charge in [-0.25, -0.2) is 0 Å². The van der Waals surface area contributed by atoms with Crippen molar-refractivity contribution in [1.29, 1.82) is 0 Å². The average molecular weight is 289 g/mol. The van der Waals surface area contributed by atoms with Crippen molar-refractivity contribution in [3.8, 4) is 0 Å². The third-order valence-corrected chi connectivity index (χ3v) is 3.83. The summed E-state index contributed by atoms with van der Waals surface area (Å²) in [5.41, 5.74) is 6.86. The minimum absolute atomic E-state index is 0.0207. The second-order valence-corrected chi connectivity index (χ2v) is 5.57. The van der Waals surface area contributed by atoms with E-state index in [4.69, 9.17) is 5.73 Å². The van der Waals surface area contributed by atoms with E-state index in [0.717, 1.165) is 24.8 Å². The summed E-state index contributed by atoms with van der Waals surface area (Å²) in [4.78, 5) is 23.5. The Labute approximate surface area is 125 Å². The van der Waals surface area contributed by atoms with Crippen molar-refractivity contribution in [2.24, 2.45) is 11.7 Å². The lowest BCUT2D eigenvalue weighted by molar-refractivity contribution is -0.125. The molecule has 2 unspecified atom stereocenters. The van der Waals surface area contributed by atoms with Gasteiger partial charge in [0.1, 0.15) is 0 Å². The number of nitrogens with two attached hydrogens (primary N) is 1. The van der Waals surface area contributed by atoms with Crippen LogP contribution < -0.4 is 16.4 Å². The summed E-state index contributed by atoms with van der Waals surface area (Å²) >= 11 is 0. The van der Waals surface area contributed by atoms with E-state index in [9.17, 15) is 9.59 Å². The molecule has 0 heterocycles. The third kappa shape index (κ3) is 5.19. The highest BCUT2D eigenvalue weighted by Crippen LogP contribution is 2.23. The fourth-order valence-corrected chi connectivity index (χ4v) is 2.58. The lowest BCUT2D eigenvalue weighted by Gasteiger charge is -2.11. The van der Waals surface area contributed by atoms with E-state index in [2.05, 4.69) is 10.6 Å². The Hall–Kier alpha value is -1.88. The maximum absolute atomic E-state index is 11.9. The van der Waals surface area contributed by atoms with Crippen molar-refractivity contribution in [2.45, 2.75) is 38.3 Å². The molecule has 0 spiro atoms. The number of carbonyl (C=O) groups excluding carboxylic acids is 2. The lowest BCUT2D eigenvalue weighted by Crippen LogP contribution is -2.34. The summed E-state index contributed by atoms with van der Waals surface area (Å²) in [6, 6.07) is 9.89. The molecule has 5 heteroatoms. The molecule has 1 aromatic rings. The van der Waals surface area contributed by atoms with E-state index in [1.807, 2.05) is 30.3 Å². The number of rotatable bonds is 6. The highest BCUT2D eigenvalue weighted by Gasteiger charge is 2.27. The first kappa shape index (κ1) is 15.5. The van der Waals surface area contributed by atoms with Crippen molar-refractivity contribution in [3.05, 3.63) is 35.9 Å². The van der Waals surface area contributed by atoms with E-state index in [0.29, 0.717) is 19.5 Å². The van der Waals surface area contributed by atoms with Crippen LogP contribution in [0, 0.1) is 5.92 Å². The Bertz CT molecular complexity index is 476. The number of carbonyl (C=O) groups is 2. The molecule has 0 bridgehead atoms. The van der Waals surface area contributed by atoms with Crippen molar-refractivity contribution in [1.82, 2.24) is 10.6 Å². The smallest absolute Gasteiger partial charge is 0.223 e. The van der Waals surface area contributed by atoms with Gasteiger partial charge in [0.15, 0.2) is 0 Å². The molecule has 1 aromatic carbocycles. The molecule has 2 amide bonds.